The predicted octanol–water partition coefficient (Wildman–Crippen LogP) is 4.28. The van der Waals surface area contributed by atoms with Gasteiger partial charge < -0.3 is 15.0 Å². The first-order chi connectivity index (χ1) is 18.5. The quantitative estimate of drug-likeness (QED) is 0.350. The van der Waals surface area contributed by atoms with E-state index in [-0.39, 0.29) is 30.6 Å². The van der Waals surface area contributed by atoms with Gasteiger partial charge in [-0.3, -0.25) is 13.9 Å². The van der Waals surface area contributed by atoms with Crippen molar-refractivity contribution in [3.63, 3.8) is 0 Å². The highest BCUT2D eigenvalue weighted by atomic mass is 35.5. The molecule has 0 aromatic heterocycles. The van der Waals surface area contributed by atoms with E-state index in [0.717, 1.165) is 16.1 Å². The van der Waals surface area contributed by atoms with Crippen LogP contribution in [0.1, 0.15) is 25.0 Å². The summed E-state index contributed by atoms with van der Waals surface area (Å²) in [5.41, 5.74) is 1.70. The van der Waals surface area contributed by atoms with Crippen LogP contribution in [0.3, 0.4) is 0 Å². The molecule has 0 saturated carbocycles. The van der Waals surface area contributed by atoms with Gasteiger partial charge in [-0.25, -0.2) is 8.42 Å². The average Bonchev–Trinajstić information content (AvgIpc) is 2.89. The number of anilines is 1. The zero-order valence-corrected chi connectivity index (χ0v) is 24.1. The molecule has 0 bridgehead atoms. The van der Waals surface area contributed by atoms with Crippen molar-refractivity contribution in [2.24, 2.45) is 0 Å². The largest absolute Gasteiger partial charge is 0.495 e. The van der Waals surface area contributed by atoms with Gasteiger partial charge in [0.15, 0.2) is 0 Å². The van der Waals surface area contributed by atoms with Crippen LogP contribution in [0.2, 0.25) is 5.02 Å². The van der Waals surface area contributed by atoms with E-state index >= 15 is 0 Å². The number of carbonyl (C=O) groups is 2. The zero-order valence-electron chi connectivity index (χ0n) is 22.5. The third kappa shape index (κ3) is 8.21. The maximum absolute atomic E-state index is 14.1. The molecule has 1 N–H and O–H groups in total. The molecule has 0 saturated heterocycles. The molecule has 0 unspecified atom stereocenters. The van der Waals surface area contributed by atoms with Crippen LogP contribution in [0, 0.1) is 0 Å². The van der Waals surface area contributed by atoms with Crippen molar-refractivity contribution in [1.29, 1.82) is 0 Å². The Morgan fingerprint density at radius 3 is 2.18 bits per heavy atom. The summed E-state index contributed by atoms with van der Waals surface area (Å²) in [5.74, 6) is -0.615. The summed E-state index contributed by atoms with van der Waals surface area (Å²) in [5, 5.41) is 3.35. The first kappa shape index (κ1) is 30.0. The fourth-order valence-corrected chi connectivity index (χ4v) is 5.22. The normalized spacial score (nSPS) is 12.1. The van der Waals surface area contributed by atoms with Crippen LogP contribution < -0.4 is 14.4 Å². The van der Waals surface area contributed by atoms with Crippen LogP contribution in [-0.4, -0.2) is 57.1 Å². The number of sulfonamides is 1. The monoisotopic (exact) mass is 571 g/mol. The molecule has 208 valence electrons. The van der Waals surface area contributed by atoms with E-state index < -0.39 is 28.5 Å². The fraction of sp³-hybridized carbons (Fsp3) is 0.310. The number of ether oxygens (including phenoxy) is 1. The molecule has 0 aliphatic heterocycles. The van der Waals surface area contributed by atoms with E-state index in [1.165, 1.54) is 12.0 Å². The highest BCUT2D eigenvalue weighted by Gasteiger charge is 2.34. The van der Waals surface area contributed by atoms with Gasteiger partial charge in [-0.1, -0.05) is 72.3 Å². The molecule has 0 radical (unpaired) electrons. The van der Waals surface area contributed by atoms with E-state index in [1.54, 1.807) is 48.5 Å². The van der Waals surface area contributed by atoms with Crippen molar-refractivity contribution in [3.8, 4) is 5.75 Å². The Hall–Kier alpha value is -3.56. The molecule has 0 aliphatic carbocycles. The number of halogens is 1. The summed E-state index contributed by atoms with van der Waals surface area (Å²) in [4.78, 5) is 29.0. The van der Waals surface area contributed by atoms with Crippen molar-refractivity contribution in [3.05, 3.63) is 95.0 Å². The third-order valence-corrected chi connectivity index (χ3v) is 7.53. The lowest BCUT2D eigenvalue weighted by Crippen LogP contribution is -2.54. The molecule has 8 nitrogen and oxygen atoms in total. The summed E-state index contributed by atoms with van der Waals surface area (Å²) in [7, 11) is -2.48. The summed E-state index contributed by atoms with van der Waals surface area (Å²) < 4.78 is 32.2. The summed E-state index contributed by atoms with van der Waals surface area (Å²) in [6.07, 6.45) is 1.25. The molecule has 0 heterocycles. The number of rotatable bonds is 12. The zero-order chi connectivity index (χ0) is 28.6. The molecule has 0 fully saturated rings. The SMILES string of the molecule is COc1ccccc1N(CC(=O)N(Cc1ccccc1Cl)[C@H](Cc1ccccc1)C(=O)NC(C)C)S(C)(=O)=O. The smallest absolute Gasteiger partial charge is 0.244 e. The molecular formula is C29H34ClN3O5S. The highest BCUT2D eigenvalue weighted by Crippen LogP contribution is 2.30. The van der Waals surface area contributed by atoms with Gasteiger partial charge in [0.05, 0.1) is 19.1 Å². The lowest BCUT2D eigenvalue weighted by atomic mass is 10.0. The third-order valence-electron chi connectivity index (χ3n) is 6.03. The molecule has 3 aromatic rings. The summed E-state index contributed by atoms with van der Waals surface area (Å²) in [6.45, 7) is 3.14. The first-order valence-corrected chi connectivity index (χ1v) is 14.7. The number of amides is 2. The van der Waals surface area contributed by atoms with E-state index in [9.17, 15) is 18.0 Å². The molecule has 0 aliphatic rings. The average molecular weight is 572 g/mol. The van der Waals surface area contributed by atoms with Crippen molar-refractivity contribution < 1.29 is 22.7 Å². The van der Waals surface area contributed by atoms with Gasteiger partial charge in [-0.2, -0.15) is 0 Å². The number of benzene rings is 3. The molecule has 0 spiro atoms. The topological polar surface area (TPSA) is 96.0 Å². The molecule has 3 rings (SSSR count). The molecule has 39 heavy (non-hydrogen) atoms. The Morgan fingerprint density at radius 2 is 1.56 bits per heavy atom. The van der Waals surface area contributed by atoms with Crippen molar-refractivity contribution in [1.82, 2.24) is 10.2 Å². The second-order valence-corrected chi connectivity index (χ2v) is 11.7. The lowest BCUT2D eigenvalue weighted by molar-refractivity contribution is -0.140. The van der Waals surface area contributed by atoms with Crippen LogP contribution in [0.4, 0.5) is 5.69 Å². The van der Waals surface area contributed by atoms with Crippen LogP contribution in [0.5, 0.6) is 5.75 Å². The number of methoxy groups -OCH3 is 1. The van der Waals surface area contributed by atoms with E-state index in [1.807, 2.05) is 44.2 Å². The van der Waals surface area contributed by atoms with E-state index in [4.69, 9.17) is 16.3 Å². The molecule has 10 heteroatoms. The lowest BCUT2D eigenvalue weighted by Gasteiger charge is -2.34. The maximum atomic E-state index is 14.1. The van der Waals surface area contributed by atoms with Crippen LogP contribution in [0.15, 0.2) is 78.9 Å². The van der Waals surface area contributed by atoms with Crippen LogP contribution in [0.25, 0.3) is 0 Å². The Labute approximate surface area is 235 Å². The second-order valence-electron chi connectivity index (χ2n) is 9.42. The van der Waals surface area contributed by atoms with Gasteiger partial charge in [0, 0.05) is 24.0 Å². The van der Waals surface area contributed by atoms with Gasteiger partial charge in [-0.15, -0.1) is 0 Å². The number of hydrogen-bond acceptors (Lipinski definition) is 5. The highest BCUT2D eigenvalue weighted by molar-refractivity contribution is 7.92. The second kappa shape index (κ2) is 13.5. The van der Waals surface area contributed by atoms with Crippen molar-refractivity contribution >= 4 is 39.1 Å². The minimum Gasteiger partial charge on any atom is -0.495 e. The molecule has 2 amide bonds. The van der Waals surface area contributed by atoms with Crippen LogP contribution >= 0.6 is 11.6 Å². The van der Waals surface area contributed by atoms with Crippen LogP contribution in [-0.2, 0) is 32.6 Å². The first-order valence-electron chi connectivity index (χ1n) is 12.5. The van der Waals surface area contributed by atoms with Gasteiger partial charge in [0.25, 0.3) is 0 Å². The van der Waals surface area contributed by atoms with Gasteiger partial charge in [0.2, 0.25) is 21.8 Å². The Kier molecular flexibility index (Phi) is 10.4. The van der Waals surface area contributed by atoms with Gasteiger partial charge in [0.1, 0.15) is 18.3 Å². The minimum absolute atomic E-state index is 0.00501. The fourth-order valence-electron chi connectivity index (χ4n) is 4.18. The van der Waals surface area contributed by atoms with E-state index in [0.29, 0.717) is 16.3 Å². The molecule has 3 aromatic carbocycles. The summed E-state index contributed by atoms with van der Waals surface area (Å²) in [6, 6.07) is 21.9. The van der Waals surface area contributed by atoms with Crippen molar-refractivity contribution in [2.45, 2.75) is 38.9 Å². The molecule has 1 atom stereocenters. The molecular weight excluding hydrogens is 538 g/mol. The minimum atomic E-state index is -3.90. The Morgan fingerprint density at radius 1 is 0.949 bits per heavy atom. The van der Waals surface area contributed by atoms with E-state index in [2.05, 4.69) is 5.32 Å². The standard InChI is InChI=1S/C29H34ClN3O5S/c1-21(2)31-29(35)26(18-22-12-6-5-7-13-22)32(19-23-14-8-9-15-24(23)30)28(34)20-33(39(4,36)37)25-16-10-11-17-27(25)38-3/h5-17,21,26H,18-20H2,1-4H3,(H,31,35)/t26-/m1/s1. The number of nitrogens with zero attached hydrogens (tertiary/aromatic N) is 2. The van der Waals surface area contributed by atoms with Gasteiger partial charge in [-0.05, 0) is 43.2 Å². The number of hydrogen-bond donors (Lipinski definition) is 1. The summed E-state index contributed by atoms with van der Waals surface area (Å²) >= 11 is 6.45. The Balaban J connectivity index is 2.09. The van der Waals surface area contributed by atoms with Crippen molar-refractivity contribution in [2.75, 3.05) is 24.2 Å². The number of carbonyl (C=O) groups excluding carboxylic acids is 2. The predicted molar refractivity (Wildman–Crippen MR) is 154 cm³/mol. The maximum Gasteiger partial charge on any atom is 0.244 e. The Bertz CT molecular complexity index is 1380. The van der Waals surface area contributed by atoms with Gasteiger partial charge >= 0.3 is 0 Å². The number of nitrogens with one attached hydrogen (secondary N) is 1. The number of para-hydroxylation sites is 2.